The molecule has 2 atom stereocenters. The van der Waals surface area contributed by atoms with Crippen LogP contribution in [-0.2, 0) is 19.1 Å². The summed E-state index contributed by atoms with van der Waals surface area (Å²) in [6.07, 6.45) is 0.418. The highest BCUT2D eigenvalue weighted by atomic mass is 16.5. The van der Waals surface area contributed by atoms with Crippen LogP contribution in [0.15, 0.2) is 0 Å². The third kappa shape index (κ3) is 2.03. The average Bonchev–Trinajstić information content (AvgIpc) is 2.82. The predicted octanol–water partition coefficient (Wildman–Crippen LogP) is -2.02. The van der Waals surface area contributed by atoms with Crippen LogP contribution >= 0.6 is 0 Å². The molecule has 0 spiro atoms. The number of likely N-dealkylation sites (tertiary alicyclic amines) is 1. The van der Waals surface area contributed by atoms with E-state index in [-0.39, 0.29) is 18.9 Å². The number of nitrogens with one attached hydrogen (secondary N) is 1. The second-order valence-electron chi connectivity index (χ2n) is 4.48. The van der Waals surface area contributed by atoms with Gasteiger partial charge in [-0.1, -0.05) is 0 Å². The SMILES string of the molecule is CN1C(=O)CC(NC(=O)C2(N)CCOC2)C1=O. The van der Waals surface area contributed by atoms with Crippen LogP contribution in [0.4, 0.5) is 0 Å². The monoisotopic (exact) mass is 241 g/mol. The first-order valence-electron chi connectivity index (χ1n) is 5.42. The van der Waals surface area contributed by atoms with Crippen molar-refractivity contribution < 1.29 is 19.1 Å². The molecule has 17 heavy (non-hydrogen) atoms. The molecule has 0 radical (unpaired) electrons. The highest BCUT2D eigenvalue weighted by Crippen LogP contribution is 2.17. The molecule has 2 fully saturated rings. The summed E-state index contributed by atoms with van der Waals surface area (Å²) in [5.41, 5.74) is 4.77. The molecule has 7 nitrogen and oxygen atoms in total. The largest absolute Gasteiger partial charge is 0.379 e. The summed E-state index contributed by atoms with van der Waals surface area (Å²) in [5, 5.41) is 2.52. The van der Waals surface area contributed by atoms with Crippen molar-refractivity contribution in [2.24, 2.45) is 5.73 Å². The van der Waals surface area contributed by atoms with Crippen molar-refractivity contribution in [3.8, 4) is 0 Å². The van der Waals surface area contributed by atoms with Crippen LogP contribution in [0.2, 0.25) is 0 Å². The van der Waals surface area contributed by atoms with E-state index in [2.05, 4.69) is 5.32 Å². The van der Waals surface area contributed by atoms with Gasteiger partial charge in [0.25, 0.3) is 5.91 Å². The lowest BCUT2D eigenvalue weighted by atomic mass is 9.98. The summed E-state index contributed by atoms with van der Waals surface area (Å²) in [7, 11) is 1.40. The molecule has 2 rings (SSSR count). The number of nitrogens with two attached hydrogens (primary N) is 1. The number of likely N-dealkylation sites (N-methyl/N-ethyl adjacent to an activating group) is 1. The summed E-state index contributed by atoms with van der Waals surface area (Å²) in [4.78, 5) is 35.8. The molecule has 0 bridgehead atoms. The van der Waals surface area contributed by atoms with Crippen molar-refractivity contribution >= 4 is 17.7 Å². The third-order valence-corrected chi connectivity index (χ3v) is 3.19. The lowest BCUT2D eigenvalue weighted by Crippen LogP contribution is -2.57. The van der Waals surface area contributed by atoms with Crippen LogP contribution in [0.5, 0.6) is 0 Å². The first-order chi connectivity index (χ1) is 7.94. The molecule has 2 aliphatic rings. The highest BCUT2D eigenvalue weighted by molar-refractivity contribution is 6.07. The van der Waals surface area contributed by atoms with E-state index in [4.69, 9.17) is 10.5 Å². The molecule has 0 aromatic heterocycles. The maximum absolute atomic E-state index is 11.9. The van der Waals surface area contributed by atoms with E-state index in [1.807, 2.05) is 0 Å². The third-order valence-electron chi connectivity index (χ3n) is 3.19. The highest BCUT2D eigenvalue weighted by Gasteiger charge is 2.43. The molecule has 7 heteroatoms. The quantitative estimate of drug-likeness (QED) is 0.543. The molecule has 3 N–H and O–H groups in total. The van der Waals surface area contributed by atoms with E-state index < -0.39 is 23.4 Å². The number of imide groups is 1. The molecule has 2 unspecified atom stereocenters. The van der Waals surface area contributed by atoms with Crippen LogP contribution in [-0.4, -0.2) is 54.5 Å². The summed E-state index contributed by atoms with van der Waals surface area (Å²) in [6.45, 7) is 0.574. The van der Waals surface area contributed by atoms with Gasteiger partial charge >= 0.3 is 0 Å². The maximum Gasteiger partial charge on any atom is 0.252 e. The Morgan fingerprint density at radius 1 is 1.59 bits per heavy atom. The second kappa shape index (κ2) is 4.08. The topological polar surface area (TPSA) is 102 Å². The standard InChI is InChI=1S/C10H15N3O4/c1-13-7(14)4-6(8(13)15)12-9(16)10(11)2-3-17-5-10/h6H,2-5,11H2,1H3,(H,12,16). The Kier molecular flexibility index (Phi) is 2.88. The van der Waals surface area contributed by atoms with Gasteiger partial charge in [0, 0.05) is 13.7 Å². The molecule has 0 aromatic carbocycles. The molecule has 3 amide bonds. The van der Waals surface area contributed by atoms with Gasteiger partial charge in [-0.25, -0.2) is 0 Å². The molecule has 2 saturated heterocycles. The minimum Gasteiger partial charge on any atom is -0.379 e. The first kappa shape index (κ1) is 12.0. The number of hydrogen-bond acceptors (Lipinski definition) is 5. The van der Waals surface area contributed by atoms with E-state index in [9.17, 15) is 14.4 Å². The smallest absolute Gasteiger partial charge is 0.252 e. The zero-order valence-corrected chi connectivity index (χ0v) is 9.56. The first-order valence-corrected chi connectivity index (χ1v) is 5.42. The fourth-order valence-electron chi connectivity index (χ4n) is 1.93. The fourth-order valence-corrected chi connectivity index (χ4v) is 1.93. The molecular weight excluding hydrogens is 226 g/mol. The number of nitrogens with zero attached hydrogens (tertiary/aromatic N) is 1. The van der Waals surface area contributed by atoms with Crippen LogP contribution in [0, 0.1) is 0 Å². The molecule has 2 heterocycles. The Morgan fingerprint density at radius 2 is 2.29 bits per heavy atom. The van der Waals surface area contributed by atoms with E-state index in [1.165, 1.54) is 7.05 Å². The van der Waals surface area contributed by atoms with E-state index >= 15 is 0 Å². The lowest BCUT2D eigenvalue weighted by Gasteiger charge is -2.22. The summed E-state index contributed by atoms with van der Waals surface area (Å²) in [6, 6.07) is -0.791. The average molecular weight is 241 g/mol. The minimum atomic E-state index is -1.08. The van der Waals surface area contributed by atoms with Gasteiger partial charge in [0.15, 0.2) is 0 Å². The molecule has 94 valence electrons. The van der Waals surface area contributed by atoms with Gasteiger partial charge in [-0.2, -0.15) is 0 Å². The van der Waals surface area contributed by atoms with Crippen molar-refractivity contribution in [3.05, 3.63) is 0 Å². The molecule has 2 aliphatic heterocycles. The van der Waals surface area contributed by atoms with E-state index in [1.54, 1.807) is 0 Å². The maximum atomic E-state index is 11.9. The Labute approximate surface area is 98.3 Å². The van der Waals surface area contributed by atoms with Crippen molar-refractivity contribution in [1.29, 1.82) is 0 Å². The van der Waals surface area contributed by atoms with Crippen molar-refractivity contribution in [2.45, 2.75) is 24.4 Å². The summed E-state index contributed by atoms with van der Waals surface area (Å²) < 4.78 is 5.07. The van der Waals surface area contributed by atoms with Gasteiger partial charge in [0.2, 0.25) is 11.8 Å². The number of carbonyl (C=O) groups excluding carboxylic acids is 3. The lowest BCUT2D eigenvalue weighted by molar-refractivity contribution is -0.138. The van der Waals surface area contributed by atoms with Crippen molar-refractivity contribution in [3.63, 3.8) is 0 Å². The van der Waals surface area contributed by atoms with E-state index in [0.717, 1.165) is 4.90 Å². The summed E-state index contributed by atoms with van der Waals surface area (Å²) >= 11 is 0. The molecule has 0 saturated carbocycles. The second-order valence-corrected chi connectivity index (χ2v) is 4.48. The van der Waals surface area contributed by atoms with Crippen molar-refractivity contribution in [1.82, 2.24) is 10.2 Å². The number of rotatable bonds is 2. The zero-order chi connectivity index (χ0) is 12.6. The van der Waals surface area contributed by atoms with E-state index in [0.29, 0.717) is 13.0 Å². The molecule has 0 aromatic rings. The van der Waals surface area contributed by atoms with Gasteiger partial charge < -0.3 is 15.8 Å². The number of amides is 3. The van der Waals surface area contributed by atoms with Crippen molar-refractivity contribution in [2.75, 3.05) is 20.3 Å². The van der Waals surface area contributed by atoms with Gasteiger partial charge in [0.1, 0.15) is 11.6 Å². The Morgan fingerprint density at radius 3 is 2.76 bits per heavy atom. The number of hydrogen-bond donors (Lipinski definition) is 2. The Hall–Kier alpha value is -1.47. The Balaban J connectivity index is 2.00. The zero-order valence-electron chi connectivity index (χ0n) is 9.56. The number of carbonyl (C=O) groups is 3. The van der Waals surface area contributed by atoms with Crippen LogP contribution < -0.4 is 11.1 Å². The Bertz CT molecular complexity index is 376. The summed E-state index contributed by atoms with van der Waals surface area (Å²) in [5.74, 6) is -1.13. The fraction of sp³-hybridized carbons (Fsp3) is 0.700. The van der Waals surface area contributed by atoms with Crippen LogP contribution in [0.1, 0.15) is 12.8 Å². The van der Waals surface area contributed by atoms with Gasteiger partial charge in [-0.05, 0) is 6.42 Å². The molecule has 0 aliphatic carbocycles. The number of ether oxygens (including phenoxy) is 1. The predicted molar refractivity (Wildman–Crippen MR) is 56.7 cm³/mol. The minimum absolute atomic E-state index is 0.00197. The van der Waals surface area contributed by atoms with Gasteiger partial charge in [-0.3, -0.25) is 19.3 Å². The van der Waals surface area contributed by atoms with Crippen LogP contribution in [0.3, 0.4) is 0 Å². The van der Waals surface area contributed by atoms with Crippen LogP contribution in [0.25, 0.3) is 0 Å². The normalized spacial score (nSPS) is 33.3. The molecular formula is C10H15N3O4. The van der Waals surface area contributed by atoms with Gasteiger partial charge in [0.05, 0.1) is 13.0 Å². The van der Waals surface area contributed by atoms with Gasteiger partial charge in [-0.15, -0.1) is 0 Å².